The summed E-state index contributed by atoms with van der Waals surface area (Å²) in [6.07, 6.45) is 8.07. The quantitative estimate of drug-likeness (QED) is 0.0497. The average Bonchev–Trinajstić information content (AvgIpc) is 0.828. The van der Waals surface area contributed by atoms with Crippen LogP contribution in [0.5, 0.6) is 34.5 Å². The number of nitrogens with zero attached hydrogens (tertiary/aromatic N) is 8. The van der Waals surface area contributed by atoms with Gasteiger partial charge in [0.1, 0.15) is 59.1 Å². The van der Waals surface area contributed by atoms with E-state index in [9.17, 15) is 30.6 Å². The number of benzene rings is 6. The van der Waals surface area contributed by atoms with Crippen LogP contribution in [0.2, 0.25) is 0 Å². The van der Waals surface area contributed by atoms with Crippen LogP contribution in [0.1, 0.15) is 236 Å². The molecule has 2 aromatic heterocycles. The Morgan fingerprint density at radius 2 is 0.649 bits per heavy atom. The number of aliphatic imine (C=N–C) groups is 2. The van der Waals surface area contributed by atoms with E-state index in [0.29, 0.717) is 70.8 Å². The Balaban J connectivity index is 1.17. The highest BCUT2D eigenvalue weighted by molar-refractivity contribution is 5.85. The maximum atomic E-state index is 13.0. The summed E-state index contributed by atoms with van der Waals surface area (Å²) in [6.45, 7) is 39.8. The molecule has 0 aliphatic heterocycles. The van der Waals surface area contributed by atoms with Crippen molar-refractivity contribution in [1.82, 2.24) is 30.0 Å². The lowest BCUT2D eigenvalue weighted by atomic mass is 9.79. The van der Waals surface area contributed by atoms with E-state index in [1.807, 2.05) is 36.7 Å². The summed E-state index contributed by atoms with van der Waals surface area (Å²) < 4.78 is 17.6. The summed E-state index contributed by atoms with van der Waals surface area (Å²) in [5, 5.41) is 86.4. The van der Waals surface area contributed by atoms with Crippen LogP contribution in [0, 0.1) is 0 Å². The predicted molar refractivity (Wildman–Crippen MR) is 375 cm³/mol. The Kier molecular flexibility index (Phi) is 20.2. The highest BCUT2D eigenvalue weighted by Crippen LogP contribution is 2.45. The topological polar surface area (TPSA) is 226 Å². The van der Waals surface area contributed by atoms with Crippen LogP contribution >= 0.6 is 0 Å². The molecule has 0 atom stereocenters. The number of rotatable bonds is 16. The number of hydrogen-bond acceptors (Lipinski definition) is 14. The van der Waals surface area contributed by atoms with Crippen molar-refractivity contribution in [3.8, 4) is 34.5 Å². The van der Waals surface area contributed by atoms with Crippen LogP contribution in [0.4, 0.5) is 0 Å². The molecule has 0 radical (unpaired) electrons. The van der Waals surface area contributed by atoms with Crippen molar-refractivity contribution in [1.29, 1.82) is 0 Å². The molecular formula is C78H100N8O8. The first kappa shape index (κ1) is 70.0. The summed E-state index contributed by atoms with van der Waals surface area (Å²) in [5.74, 6) is 1.76. The standard InChI is InChI=1S/C78H100N8O8/c1-73(2,3)59-27-47-23-51-31-61(75(7,8)9)33-53(71(51)93-45-65-43-85(83-81-65)41-57-37-63(77(13,14)15)35-55(69(57)91)39-79-19-21-87)25-49-29-60(74(4,5)6)30-50(68(49)90)26-54-34-62(76(10,11)12)32-52(24-48(28-59)67(47)89)72(54)94-46-66-44-86(84-82-66)42-58-38-64(78(16,17)18)36-56(70(58)92)40-80-20-22-88/h27-40,43-44,87-92H,19-26,41-42,45-46H2,1-18H3. The number of phenolic OH excluding ortho intramolecular Hbond substituents is 4. The molecule has 2 heterocycles. The third-order valence-electron chi connectivity index (χ3n) is 17.7. The Bertz CT molecular complexity index is 3770. The molecule has 0 amide bonds. The SMILES string of the molecule is CC(C)(C)c1cc(C=NCCO)c(O)c(Cn2cc(COc3c4cc(C(C)(C)C)cc3Cc3cc(C(C)(C)C)cc(c3O)Cc3cc(C(C)(C)C)cc(c3OCc3cn(Cc5cc(C(C)(C)C)cc(C=NCCO)c5O)nn3)Cc3cc(C(C)(C)C)cc(c3O)C4)nn2)c1. The Labute approximate surface area is 556 Å². The fraction of sp³-hybridized carbons (Fsp3) is 0.462. The van der Waals surface area contributed by atoms with E-state index in [1.54, 1.807) is 21.8 Å². The van der Waals surface area contributed by atoms with Crippen LogP contribution in [0.3, 0.4) is 0 Å². The lowest BCUT2D eigenvalue weighted by molar-refractivity contribution is 0.295. The van der Waals surface area contributed by atoms with Crippen molar-refractivity contribution in [2.24, 2.45) is 9.98 Å². The van der Waals surface area contributed by atoms with Gasteiger partial charge in [0.15, 0.2) is 0 Å². The van der Waals surface area contributed by atoms with E-state index in [0.717, 1.165) is 77.9 Å². The van der Waals surface area contributed by atoms with Gasteiger partial charge in [0.05, 0.1) is 51.8 Å². The molecule has 1 aliphatic rings. The minimum Gasteiger partial charge on any atom is -0.507 e. The summed E-state index contributed by atoms with van der Waals surface area (Å²) >= 11 is 0. The molecule has 0 spiro atoms. The van der Waals surface area contributed by atoms with Crippen molar-refractivity contribution < 1.29 is 40.1 Å². The first-order valence-corrected chi connectivity index (χ1v) is 32.9. The van der Waals surface area contributed by atoms with Gasteiger partial charge in [-0.1, -0.05) is 184 Å². The van der Waals surface area contributed by atoms with Crippen molar-refractivity contribution in [2.75, 3.05) is 26.3 Å². The van der Waals surface area contributed by atoms with Crippen molar-refractivity contribution in [2.45, 2.75) is 209 Å². The Hall–Kier alpha value is -8.34. The van der Waals surface area contributed by atoms with Crippen molar-refractivity contribution >= 4 is 12.4 Å². The van der Waals surface area contributed by atoms with Crippen LogP contribution in [-0.4, -0.2) is 99.4 Å². The second kappa shape index (κ2) is 27.2. The molecule has 94 heavy (non-hydrogen) atoms. The van der Waals surface area contributed by atoms with Gasteiger partial charge in [-0.05, 0) is 135 Å². The average molecular weight is 1280 g/mol. The molecule has 16 nitrogen and oxygen atoms in total. The number of aromatic hydroxyl groups is 4. The van der Waals surface area contributed by atoms with E-state index < -0.39 is 0 Å². The molecule has 9 rings (SSSR count). The second-order valence-corrected chi connectivity index (χ2v) is 31.8. The third-order valence-corrected chi connectivity index (χ3v) is 17.7. The molecule has 500 valence electrons. The van der Waals surface area contributed by atoms with Gasteiger partial charge >= 0.3 is 0 Å². The zero-order valence-electron chi connectivity index (χ0n) is 58.8. The highest BCUT2D eigenvalue weighted by atomic mass is 16.5. The lowest BCUT2D eigenvalue weighted by Crippen LogP contribution is -2.16. The smallest absolute Gasteiger partial charge is 0.134 e. The van der Waals surface area contributed by atoms with E-state index in [4.69, 9.17) is 9.47 Å². The Morgan fingerprint density at radius 3 is 0.915 bits per heavy atom. The van der Waals surface area contributed by atoms with E-state index in [1.165, 1.54) is 0 Å². The number of aliphatic hydroxyl groups is 2. The summed E-state index contributed by atoms with van der Waals surface area (Å²) in [5.41, 5.74) is 14.4. The monoisotopic (exact) mass is 1280 g/mol. The van der Waals surface area contributed by atoms with Gasteiger partial charge in [-0.25, -0.2) is 9.36 Å². The molecule has 0 fully saturated rings. The fourth-order valence-corrected chi connectivity index (χ4v) is 11.8. The van der Waals surface area contributed by atoms with Crippen LogP contribution in [0.25, 0.3) is 0 Å². The minimum atomic E-state index is -0.323. The van der Waals surface area contributed by atoms with E-state index in [2.05, 4.69) is 204 Å². The minimum absolute atomic E-state index is 0.0442. The maximum absolute atomic E-state index is 13.0. The normalized spacial score (nSPS) is 13.6. The highest BCUT2D eigenvalue weighted by Gasteiger charge is 2.30. The lowest BCUT2D eigenvalue weighted by Gasteiger charge is -2.28. The zero-order chi connectivity index (χ0) is 68.6. The number of aliphatic hydroxyl groups excluding tert-OH is 2. The number of ether oxygens (including phenoxy) is 2. The summed E-state index contributed by atoms with van der Waals surface area (Å²) in [7, 11) is 0. The molecule has 0 saturated carbocycles. The molecule has 1 aliphatic carbocycles. The zero-order valence-corrected chi connectivity index (χ0v) is 58.8. The van der Waals surface area contributed by atoms with E-state index in [-0.39, 0.29) is 108 Å². The molecule has 16 heteroatoms. The predicted octanol–water partition coefficient (Wildman–Crippen LogP) is 14.2. The first-order chi connectivity index (χ1) is 43.9. The number of fused-ring (bicyclic) bond motifs is 8. The molecule has 8 aromatic rings. The van der Waals surface area contributed by atoms with Crippen molar-refractivity contribution in [3.05, 3.63) is 197 Å². The van der Waals surface area contributed by atoms with Gasteiger partial charge in [-0.3, -0.25) is 9.98 Å². The van der Waals surface area contributed by atoms with Gasteiger partial charge in [0.25, 0.3) is 0 Å². The Morgan fingerprint density at radius 1 is 0.383 bits per heavy atom. The summed E-state index contributed by atoms with van der Waals surface area (Å²) in [6, 6.07) is 25.1. The second-order valence-electron chi connectivity index (χ2n) is 31.8. The van der Waals surface area contributed by atoms with Crippen molar-refractivity contribution in [3.63, 3.8) is 0 Å². The number of phenols is 4. The van der Waals surface area contributed by atoms with Gasteiger partial charge in [-0.15, -0.1) is 10.2 Å². The van der Waals surface area contributed by atoms with Crippen LogP contribution in [0.15, 0.2) is 95.2 Å². The molecule has 6 aromatic carbocycles. The third kappa shape index (κ3) is 16.6. The molecular weight excluding hydrogens is 1180 g/mol. The largest absolute Gasteiger partial charge is 0.507 e. The molecule has 0 unspecified atom stereocenters. The van der Waals surface area contributed by atoms with Crippen LogP contribution < -0.4 is 9.47 Å². The summed E-state index contributed by atoms with van der Waals surface area (Å²) in [4.78, 5) is 8.64. The van der Waals surface area contributed by atoms with Gasteiger partial charge < -0.3 is 40.1 Å². The molecule has 8 bridgehead atoms. The fourth-order valence-electron chi connectivity index (χ4n) is 11.8. The molecule has 0 saturated heterocycles. The molecule has 6 N–H and O–H groups in total. The van der Waals surface area contributed by atoms with Crippen LogP contribution in [-0.2, 0) is 84.5 Å². The van der Waals surface area contributed by atoms with E-state index >= 15 is 0 Å². The first-order valence-electron chi connectivity index (χ1n) is 32.9. The number of aromatic nitrogens is 6. The van der Waals surface area contributed by atoms with Gasteiger partial charge in [0.2, 0.25) is 0 Å². The van der Waals surface area contributed by atoms with Gasteiger partial charge in [0, 0.05) is 60.4 Å². The maximum Gasteiger partial charge on any atom is 0.134 e. The van der Waals surface area contributed by atoms with Gasteiger partial charge in [-0.2, -0.15) is 0 Å². The number of hydrogen-bond donors (Lipinski definition) is 6.